The van der Waals surface area contributed by atoms with Crippen LogP contribution in [-0.2, 0) is 10.8 Å². The number of hydrogen-bond donors (Lipinski definition) is 2. The van der Waals surface area contributed by atoms with Gasteiger partial charge in [-0.15, -0.1) is 0 Å². The third-order valence-corrected chi connectivity index (χ3v) is 3.16. The van der Waals surface area contributed by atoms with Gasteiger partial charge in [-0.1, -0.05) is 12.1 Å². The molecule has 0 aliphatic carbocycles. The van der Waals surface area contributed by atoms with Crippen LogP contribution in [-0.4, -0.2) is 41.5 Å². The van der Waals surface area contributed by atoms with Crippen LogP contribution in [0.15, 0.2) is 24.3 Å². The van der Waals surface area contributed by atoms with E-state index in [1.165, 1.54) is 0 Å². The molecule has 0 radical (unpaired) electrons. The summed E-state index contributed by atoms with van der Waals surface area (Å²) in [5, 5.41) is 13.0. The van der Waals surface area contributed by atoms with Gasteiger partial charge in [0.25, 0.3) is 0 Å². The number of aliphatic hydroxyl groups is 1. The molecule has 17 heavy (non-hydrogen) atoms. The van der Waals surface area contributed by atoms with Crippen molar-refractivity contribution in [2.75, 3.05) is 32.2 Å². The van der Waals surface area contributed by atoms with Gasteiger partial charge >= 0.3 is 0 Å². The maximum Gasteiger partial charge on any atom is 0.119 e. The highest BCUT2D eigenvalue weighted by Crippen LogP contribution is 2.18. The van der Waals surface area contributed by atoms with Crippen molar-refractivity contribution in [2.24, 2.45) is 0 Å². The van der Waals surface area contributed by atoms with Crippen LogP contribution in [0.1, 0.15) is 11.7 Å². The van der Waals surface area contributed by atoms with Crippen molar-refractivity contribution >= 4 is 10.8 Å². The van der Waals surface area contributed by atoms with Gasteiger partial charge in [0.1, 0.15) is 5.75 Å². The summed E-state index contributed by atoms with van der Waals surface area (Å²) in [7, 11) is 0.804. The lowest BCUT2D eigenvalue weighted by atomic mass is 10.1. The van der Waals surface area contributed by atoms with E-state index in [1.54, 1.807) is 13.4 Å². The van der Waals surface area contributed by atoms with Crippen molar-refractivity contribution in [1.29, 1.82) is 0 Å². The summed E-state index contributed by atoms with van der Waals surface area (Å²) in [6.45, 7) is 1.09. The van der Waals surface area contributed by atoms with Crippen molar-refractivity contribution in [3.63, 3.8) is 0 Å². The van der Waals surface area contributed by atoms with Crippen molar-refractivity contribution in [1.82, 2.24) is 5.32 Å². The first-order valence-electron chi connectivity index (χ1n) is 5.46. The lowest BCUT2D eigenvalue weighted by Crippen LogP contribution is -2.25. The summed E-state index contributed by atoms with van der Waals surface area (Å²) in [5.41, 5.74) is 0.814. The molecule has 1 rings (SSSR count). The maximum absolute atomic E-state index is 10.8. The molecule has 0 saturated carbocycles. The molecule has 0 amide bonds. The molecular formula is C12H19NO3S. The van der Waals surface area contributed by atoms with Crippen LogP contribution in [0, 0.1) is 0 Å². The van der Waals surface area contributed by atoms with Gasteiger partial charge in [0.2, 0.25) is 0 Å². The summed E-state index contributed by atoms with van der Waals surface area (Å²) in [6.07, 6.45) is 1.09. The zero-order valence-electron chi connectivity index (χ0n) is 10.2. The maximum atomic E-state index is 10.8. The van der Waals surface area contributed by atoms with Crippen molar-refractivity contribution < 1.29 is 14.1 Å². The number of hydrogen-bond acceptors (Lipinski definition) is 4. The molecule has 4 nitrogen and oxygen atoms in total. The molecule has 0 saturated heterocycles. The second-order valence-corrected chi connectivity index (χ2v) is 5.33. The number of methoxy groups -OCH3 is 1. The Hall–Kier alpha value is -0.910. The quantitative estimate of drug-likeness (QED) is 0.706. The van der Waals surface area contributed by atoms with Gasteiger partial charge in [0, 0.05) is 35.9 Å². The van der Waals surface area contributed by atoms with Gasteiger partial charge in [-0.2, -0.15) is 0 Å². The van der Waals surface area contributed by atoms with Crippen molar-refractivity contribution in [3.8, 4) is 5.75 Å². The van der Waals surface area contributed by atoms with Crippen LogP contribution in [0.3, 0.4) is 0 Å². The van der Waals surface area contributed by atoms with Crippen LogP contribution in [0.4, 0.5) is 0 Å². The number of rotatable bonds is 7. The molecule has 0 heterocycles. The molecule has 1 aromatic rings. The molecule has 0 spiro atoms. The normalized spacial score (nSPS) is 14.3. The fourth-order valence-electron chi connectivity index (χ4n) is 1.42. The predicted molar refractivity (Wildman–Crippen MR) is 69.8 cm³/mol. The van der Waals surface area contributed by atoms with Gasteiger partial charge in [-0.05, 0) is 17.7 Å². The molecule has 96 valence electrons. The fourth-order valence-corrected chi connectivity index (χ4v) is 1.85. The minimum absolute atomic E-state index is 0.449. The second-order valence-electron chi connectivity index (χ2n) is 3.77. The molecule has 5 heteroatoms. The summed E-state index contributed by atoms with van der Waals surface area (Å²) < 4.78 is 15.9. The minimum Gasteiger partial charge on any atom is -0.497 e. The van der Waals surface area contributed by atoms with Crippen molar-refractivity contribution in [2.45, 2.75) is 6.10 Å². The first kappa shape index (κ1) is 14.2. The second kappa shape index (κ2) is 7.42. The summed E-state index contributed by atoms with van der Waals surface area (Å²) >= 11 is 0. The molecule has 2 atom stereocenters. The van der Waals surface area contributed by atoms with E-state index in [0.717, 1.165) is 11.3 Å². The van der Waals surface area contributed by atoms with Crippen LogP contribution in [0.25, 0.3) is 0 Å². The van der Waals surface area contributed by atoms with E-state index in [2.05, 4.69) is 5.32 Å². The van der Waals surface area contributed by atoms with E-state index < -0.39 is 16.9 Å². The van der Waals surface area contributed by atoms with Crippen LogP contribution in [0.2, 0.25) is 0 Å². The smallest absolute Gasteiger partial charge is 0.119 e. The third kappa shape index (κ3) is 5.30. The molecule has 2 N–H and O–H groups in total. The van der Waals surface area contributed by atoms with Gasteiger partial charge in [0.05, 0.1) is 13.2 Å². The Morgan fingerprint density at radius 1 is 1.53 bits per heavy atom. The summed E-state index contributed by atoms with van der Waals surface area (Å²) in [6, 6.07) is 7.35. The first-order chi connectivity index (χ1) is 8.13. The molecule has 0 aromatic heterocycles. The van der Waals surface area contributed by atoms with E-state index in [9.17, 15) is 9.32 Å². The average molecular weight is 257 g/mol. The lowest BCUT2D eigenvalue weighted by molar-refractivity contribution is 0.175. The standard InChI is InChI=1S/C12H19NO3S/c1-16-11-5-3-4-10(8-11)12(14)9-13-6-7-17(2)15/h3-5,8,12-14H,6-7,9H2,1-2H3. The molecule has 0 fully saturated rings. The van der Waals surface area contributed by atoms with E-state index >= 15 is 0 Å². The number of aliphatic hydroxyl groups excluding tert-OH is 1. The Labute approximate surface area is 104 Å². The number of ether oxygens (including phenoxy) is 1. The fraction of sp³-hybridized carbons (Fsp3) is 0.500. The van der Waals surface area contributed by atoms with Crippen LogP contribution < -0.4 is 10.1 Å². The van der Waals surface area contributed by atoms with Crippen LogP contribution >= 0.6 is 0 Å². The van der Waals surface area contributed by atoms with Crippen LogP contribution in [0.5, 0.6) is 5.75 Å². The Balaban J connectivity index is 2.40. The van der Waals surface area contributed by atoms with Gasteiger partial charge in [-0.25, -0.2) is 0 Å². The highest BCUT2D eigenvalue weighted by Gasteiger charge is 2.07. The zero-order valence-corrected chi connectivity index (χ0v) is 11.0. The van der Waals surface area contributed by atoms with E-state index in [1.807, 2.05) is 24.3 Å². The van der Waals surface area contributed by atoms with Gasteiger partial charge in [0.15, 0.2) is 0 Å². The zero-order chi connectivity index (χ0) is 12.7. The molecular weight excluding hydrogens is 238 g/mol. The highest BCUT2D eigenvalue weighted by molar-refractivity contribution is 7.84. The lowest BCUT2D eigenvalue weighted by Gasteiger charge is -2.12. The Bertz CT molecular complexity index is 371. The highest BCUT2D eigenvalue weighted by atomic mass is 32.2. The average Bonchev–Trinajstić information content (AvgIpc) is 2.34. The molecule has 0 aliphatic heterocycles. The summed E-state index contributed by atoms with van der Waals surface area (Å²) in [4.78, 5) is 0. The molecule has 0 bridgehead atoms. The SMILES string of the molecule is COc1cccc(C(O)CNCCS(C)=O)c1. The number of nitrogens with one attached hydrogen (secondary N) is 1. The molecule has 2 unspecified atom stereocenters. The monoisotopic (exact) mass is 257 g/mol. The van der Waals surface area contributed by atoms with E-state index in [0.29, 0.717) is 18.8 Å². The Morgan fingerprint density at radius 3 is 2.94 bits per heavy atom. The Morgan fingerprint density at radius 2 is 2.29 bits per heavy atom. The number of benzene rings is 1. The van der Waals surface area contributed by atoms with Gasteiger partial charge < -0.3 is 15.2 Å². The first-order valence-corrected chi connectivity index (χ1v) is 7.19. The predicted octanol–water partition coefficient (Wildman–Crippen LogP) is 0.697. The van der Waals surface area contributed by atoms with Gasteiger partial charge in [-0.3, -0.25) is 4.21 Å². The minimum atomic E-state index is -0.794. The summed E-state index contributed by atoms with van der Waals surface area (Å²) in [5.74, 6) is 1.33. The largest absolute Gasteiger partial charge is 0.497 e. The van der Waals surface area contributed by atoms with Crippen molar-refractivity contribution in [3.05, 3.63) is 29.8 Å². The molecule has 1 aromatic carbocycles. The van der Waals surface area contributed by atoms with E-state index in [4.69, 9.17) is 4.74 Å². The third-order valence-electron chi connectivity index (χ3n) is 2.38. The Kier molecular flexibility index (Phi) is 6.18. The molecule has 0 aliphatic rings. The van der Waals surface area contributed by atoms with E-state index in [-0.39, 0.29) is 0 Å². The topological polar surface area (TPSA) is 58.6 Å².